The van der Waals surface area contributed by atoms with Crippen LogP contribution in [0.1, 0.15) is 42.9 Å². The molecular formula is C25H34N2O3S. The van der Waals surface area contributed by atoms with Crippen molar-refractivity contribution in [2.75, 3.05) is 24.6 Å². The first-order chi connectivity index (χ1) is 14.9. The minimum atomic E-state index is -3.40. The number of hydrogen-bond donors (Lipinski definition) is 1. The highest BCUT2D eigenvalue weighted by molar-refractivity contribution is 7.92. The number of rotatable bonds is 10. The van der Waals surface area contributed by atoms with Crippen LogP contribution >= 0.6 is 0 Å². The lowest BCUT2D eigenvalue weighted by Gasteiger charge is -2.30. The lowest BCUT2D eigenvalue weighted by atomic mass is 9.99. The van der Waals surface area contributed by atoms with Crippen LogP contribution in [0, 0.1) is 5.92 Å². The second kappa shape index (κ2) is 11.4. The van der Waals surface area contributed by atoms with Crippen molar-refractivity contribution in [1.82, 2.24) is 10.2 Å². The van der Waals surface area contributed by atoms with Crippen LogP contribution in [0.25, 0.3) is 0 Å². The summed E-state index contributed by atoms with van der Waals surface area (Å²) >= 11 is 0. The zero-order chi connectivity index (χ0) is 22.1. The van der Waals surface area contributed by atoms with Crippen molar-refractivity contribution in [3.8, 4) is 0 Å². The van der Waals surface area contributed by atoms with E-state index in [1.54, 1.807) is 0 Å². The summed E-state index contributed by atoms with van der Waals surface area (Å²) in [6.07, 6.45) is 3.75. The number of carbonyl (C=O) groups is 1. The Morgan fingerprint density at radius 1 is 0.968 bits per heavy atom. The van der Waals surface area contributed by atoms with Crippen LogP contribution in [-0.2, 0) is 34.1 Å². The zero-order valence-corrected chi connectivity index (χ0v) is 19.2. The fraction of sp³-hybridized carbons (Fsp3) is 0.480. The van der Waals surface area contributed by atoms with Gasteiger partial charge in [0.1, 0.15) is 5.75 Å². The van der Waals surface area contributed by atoms with Gasteiger partial charge in [0.15, 0.2) is 9.84 Å². The first-order valence-electron chi connectivity index (χ1n) is 11.2. The van der Waals surface area contributed by atoms with Crippen molar-refractivity contribution in [3.63, 3.8) is 0 Å². The van der Waals surface area contributed by atoms with E-state index in [9.17, 15) is 13.2 Å². The molecule has 1 aliphatic rings. The van der Waals surface area contributed by atoms with Crippen LogP contribution in [0.2, 0.25) is 0 Å². The van der Waals surface area contributed by atoms with Crippen molar-refractivity contribution in [3.05, 3.63) is 71.3 Å². The van der Waals surface area contributed by atoms with E-state index >= 15 is 0 Å². The zero-order valence-electron chi connectivity index (χ0n) is 18.4. The van der Waals surface area contributed by atoms with Crippen LogP contribution < -0.4 is 5.32 Å². The van der Waals surface area contributed by atoms with E-state index in [2.05, 4.69) is 29.3 Å². The molecule has 6 heteroatoms. The molecule has 0 spiro atoms. The summed E-state index contributed by atoms with van der Waals surface area (Å²) in [5.74, 6) is -0.0341. The fourth-order valence-corrected chi connectivity index (χ4v) is 5.14. The molecule has 0 radical (unpaired) electrons. The van der Waals surface area contributed by atoms with Gasteiger partial charge in [-0.2, -0.15) is 0 Å². The Kier molecular flexibility index (Phi) is 8.67. The Morgan fingerprint density at radius 3 is 2.29 bits per heavy atom. The topological polar surface area (TPSA) is 66.5 Å². The predicted molar refractivity (Wildman–Crippen MR) is 125 cm³/mol. The summed E-state index contributed by atoms with van der Waals surface area (Å²) in [4.78, 5) is 14.6. The average molecular weight is 443 g/mol. The fourth-order valence-electron chi connectivity index (χ4n) is 3.91. The van der Waals surface area contributed by atoms with Gasteiger partial charge in [-0.15, -0.1) is 0 Å². The van der Waals surface area contributed by atoms with Gasteiger partial charge in [0, 0.05) is 13.1 Å². The van der Waals surface area contributed by atoms with E-state index < -0.39 is 21.5 Å². The molecule has 0 saturated carbocycles. The summed E-state index contributed by atoms with van der Waals surface area (Å²) in [5.41, 5.74) is 3.36. The summed E-state index contributed by atoms with van der Waals surface area (Å²) in [6.45, 7) is 5.93. The molecule has 1 saturated heterocycles. The molecule has 3 rings (SSSR count). The van der Waals surface area contributed by atoms with Crippen molar-refractivity contribution in [2.24, 2.45) is 5.92 Å². The van der Waals surface area contributed by atoms with Gasteiger partial charge in [-0.3, -0.25) is 9.69 Å². The van der Waals surface area contributed by atoms with Crippen molar-refractivity contribution in [2.45, 2.75) is 45.7 Å². The van der Waals surface area contributed by atoms with E-state index in [1.807, 2.05) is 42.5 Å². The molecule has 168 valence electrons. The highest BCUT2D eigenvalue weighted by atomic mass is 32.2. The summed E-state index contributed by atoms with van der Waals surface area (Å²) in [5, 5.41) is 2.74. The number of likely N-dealkylation sites (tertiary alicyclic amines) is 1. The Labute approximate surface area is 186 Å². The van der Waals surface area contributed by atoms with E-state index in [0.29, 0.717) is 19.4 Å². The average Bonchev–Trinajstić information content (AvgIpc) is 2.75. The monoisotopic (exact) mass is 442 g/mol. The molecular weight excluding hydrogens is 408 g/mol. The minimum absolute atomic E-state index is 0.0271. The Morgan fingerprint density at radius 2 is 1.61 bits per heavy atom. The van der Waals surface area contributed by atoms with Crippen molar-refractivity contribution < 1.29 is 13.2 Å². The van der Waals surface area contributed by atoms with Gasteiger partial charge in [0.05, 0.1) is 5.75 Å². The van der Waals surface area contributed by atoms with Crippen molar-refractivity contribution >= 4 is 15.7 Å². The summed E-state index contributed by atoms with van der Waals surface area (Å²) in [7, 11) is -3.40. The van der Waals surface area contributed by atoms with Crippen LogP contribution in [0.15, 0.2) is 54.6 Å². The molecule has 1 aliphatic heterocycles. The van der Waals surface area contributed by atoms with Gasteiger partial charge in [-0.25, -0.2) is 8.42 Å². The first kappa shape index (κ1) is 23.5. The first-order valence-corrected chi connectivity index (χ1v) is 13.0. The number of benzene rings is 2. The molecule has 1 N–H and O–H groups in total. The third-order valence-electron chi connectivity index (χ3n) is 5.91. The largest absolute Gasteiger partial charge is 0.351 e. The van der Waals surface area contributed by atoms with E-state index in [1.165, 1.54) is 18.4 Å². The van der Waals surface area contributed by atoms with E-state index in [-0.39, 0.29) is 5.75 Å². The maximum absolute atomic E-state index is 12.2. The number of amides is 1. The predicted octanol–water partition coefficient (Wildman–Crippen LogP) is 3.58. The van der Waals surface area contributed by atoms with Gasteiger partial charge in [-0.1, -0.05) is 61.5 Å². The van der Waals surface area contributed by atoms with E-state index in [4.69, 9.17) is 0 Å². The number of carbonyl (C=O) groups excluding carboxylic acids is 1. The lowest BCUT2D eigenvalue weighted by Crippen LogP contribution is -2.32. The molecule has 1 amide bonds. The maximum atomic E-state index is 12.2. The SMILES string of the molecule is CC1CCN(Cc2ccc(CNC(=O)CS(=O)(=O)CCCc3ccccc3)cc2)CC1. The number of nitrogens with one attached hydrogen (secondary N) is 1. The molecule has 1 fully saturated rings. The third-order valence-corrected chi connectivity index (χ3v) is 7.52. The number of aryl methyl sites for hydroxylation is 1. The highest BCUT2D eigenvalue weighted by Crippen LogP contribution is 2.18. The van der Waals surface area contributed by atoms with Crippen LogP contribution in [0.3, 0.4) is 0 Å². The molecule has 0 bridgehead atoms. The molecule has 5 nitrogen and oxygen atoms in total. The van der Waals surface area contributed by atoms with Crippen LogP contribution in [-0.4, -0.2) is 43.8 Å². The molecule has 2 aromatic rings. The molecule has 0 unspecified atom stereocenters. The third kappa shape index (κ3) is 8.46. The Hall–Kier alpha value is -2.18. The lowest BCUT2D eigenvalue weighted by molar-refractivity contribution is -0.118. The van der Waals surface area contributed by atoms with E-state index in [0.717, 1.165) is 36.7 Å². The molecule has 1 heterocycles. The van der Waals surface area contributed by atoms with Gasteiger partial charge >= 0.3 is 0 Å². The van der Waals surface area contributed by atoms with Crippen molar-refractivity contribution in [1.29, 1.82) is 0 Å². The maximum Gasteiger partial charge on any atom is 0.235 e. The Bertz CT molecular complexity index is 919. The quantitative estimate of drug-likeness (QED) is 0.611. The van der Waals surface area contributed by atoms with Gasteiger partial charge in [0.25, 0.3) is 0 Å². The second-order valence-electron chi connectivity index (χ2n) is 8.73. The number of hydrogen-bond acceptors (Lipinski definition) is 4. The van der Waals surface area contributed by atoms with Crippen LogP contribution in [0.5, 0.6) is 0 Å². The smallest absolute Gasteiger partial charge is 0.235 e. The number of piperidine rings is 1. The van der Waals surface area contributed by atoms with Gasteiger partial charge < -0.3 is 5.32 Å². The minimum Gasteiger partial charge on any atom is -0.351 e. The van der Waals surface area contributed by atoms with Gasteiger partial charge in [-0.05, 0) is 61.4 Å². The molecule has 0 atom stereocenters. The second-order valence-corrected chi connectivity index (χ2v) is 10.9. The Balaban J connectivity index is 1.37. The highest BCUT2D eigenvalue weighted by Gasteiger charge is 2.17. The number of sulfone groups is 1. The number of nitrogens with zero attached hydrogens (tertiary/aromatic N) is 1. The van der Waals surface area contributed by atoms with Gasteiger partial charge in [0.2, 0.25) is 5.91 Å². The molecule has 0 aromatic heterocycles. The normalized spacial score (nSPS) is 15.6. The molecule has 0 aliphatic carbocycles. The molecule has 2 aromatic carbocycles. The summed E-state index contributed by atoms with van der Waals surface area (Å²) in [6, 6.07) is 18.0. The molecule has 31 heavy (non-hydrogen) atoms. The summed E-state index contributed by atoms with van der Waals surface area (Å²) < 4.78 is 24.5. The van der Waals surface area contributed by atoms with Crippen LogP contribution in [0.4, 0.5) is 0 Å². The standard InChI is InChI=1S/C25H34N2O3S/c1-21-13-15-27(16-14-21)19-24-11-9-23(10-12-24)18-26-25(28)20-31(29,30)17-5-8-22-6-3-2-4-7-22/h2-4,6-7,9-12,21H,5,8,13-20H2,1H3,(H,26,28).